The number of rotatable bonds is 4. The molecule has 6 rings (SSSR count). The SMILES string of the molecule is N#CC1=C(SCC(=O)C23CC4CC(CC(C4)C2)C3)NC(=O)C(C#N)C12CCCCC2. The summed E-state index contributed by atoms with van der Waals surface area (Å²) in [5.74, 6) is 1.67. The second kappa shape index (κ2) is 7.41. The Bertz CT molecular complexity index is 852. The van der Waals surface area contributed by atoms with E-state index >= 15 is 0 Å². The summed E-state index contributed by atoms with van der Waals surface area (Å²) in [5, 5.41) is 23.1. The molecular formula is C24H29N3O2S. The number of allylic oxidation sites excluding steroid dienone is 1. The van der Waals surface area contributed by atoms with E-state index in [0.29, 0.717) is 35.0 Å². The predicted molar refractivity (Wildman–Crippen MR) is 113 cm³/mol. The Hall–Kier alpha value is -1.79. The zero-order valence-corrected chi connectivity index (χ0v) is 18.2. The highest BCUT2D eigenvalue weighted by Crippen LogP contribution is 2.60. The third-order valence-electron chi connectivity index (χ3n) is 8.74. The van der Waals surface area contributed by atoms with E-state index in [0.717, 1.165) is 56.3 Å². The van der Waals surface area contributed by atoms with Crippen LogP contribution in [0.25, 0.3) is 0 Å². The fourth-order valence-electron chi connectivity index (χ4n) is 7.78. The number of nitrogens with one attached hydrogen (secondary N) is 1. The van der Waals surface area contributed by atoms with Gasteiger partial charge in [-0.05, 0) is 69.1 Å². The minimum absolute atomic E-state index is 0.161. The normalized spacial score (nSPS) is 38.8. The van der Waals surface area contributed by atoms with Crippen LogP contribution in [-0.4, -0.2) is 17.4 Å². The van der Waals surface area contributed by atoms with E-state index in [1.54, 1.807) is 0 Å². The van der Waals surface area contributed by atoms with Crippen LogP contribution >= 0.6 is 11.8 Å². The molecule has 0 aromatic rings. The molecule has 6 heteroatoms. The highest BCUT2D eigenvalue weighted by Gasteiger charge is 2.55. The maximum atomic E-state index is 13.4. The molecule has 5 aliphatic carbocycles. The third-order valence-corrected chi connectivity index (χ3v) is 9.74. The molecule has 4 bridgehead atoms. The van der Waals surface area contributed by atoms with Gasteiger partial charge >= 0.3 is 0 Å². The first kappa shape index (κ1) is 20.1. The lowest BCUT2D eigenvalue weighted by atomic mass is 9.48. The molecule has 1 heterocycles. The highest BCUT2D eigenvalue weighted by atomic mass is 32.2. The van der Waals surface area contributed by atoms with E-state index in [1.807, 2.05) is 0 Å². The minimum Gasteiger partial charge on any atom is -0.319 e. The van der Waals surface area contributed by atoms with Crippen molar-refractivity contribution >= 4 is 23.5 Å². The van der Waals surface area contributed by atoms with Crippen LogP contribution in [-0.2, 0) is 9.59 Å². The van der Waals surface area contributed by atoms with Gasteiger partial charge in [-0.3, -0.25) is 9.59 Å². The van der Waals surface area contributed by atoms with Gasteiger partial charge < -0.3 is 5.32 Å². The Labute approximate surface area is 182 Å². The van der Waals surface area contributed by atoms with E-state index in [9.17, 15) is 20.1 Å². The van der Waals surface area contributed by atoms with Crippen LogP contribution in [0.1, 0.15) is 70.6 Å². The molecule has 0 radical (unpaired) electrons. The van der Waals surface area contributed by atoms with Crippen molar-refractivity contribution in [1.82, 2.24) is 5.32 Å². The molecule has 6 aliphatic rings. The lowest BCUT2D eigenvalue weighted by molar-refractivity contribution is -0.141. The van der Waals surface area contributed by atoms with Crippen LogP contribution < -0.4 is 5.32 Å². The van der Waals surface area contributed by atoms with Crippen LogP contribution in [0.5, 0.6) is 0 Å². The monoisotopic (exact) mass is 423 g/mol. The van der Waals surface area contributed by atoms with Crippen molar-refractivity contribution in [2.45, 2.75) is 70.6 Å². The average molecular weight is 424 g/mol. The number of nitriles is 2. The van der Waals surface area contributed by atoms with Crippen LogP contribution in [0, 0.1) is 57.2 Å². The summed E-state index contributed by atoms with van der Waals surface area (Å²) in [6.07, 6.45) is 11.4. The zero-order valence-electron chi connectivity index (χ0n) is 17.4. The van der Waals surface area contributed by atoms with Gasteiger partial charge in [0.05, 0.1) is 28.5 Å². The topological polar surface area (TPSA) is 93.8 Å². The summed E-state index contributed by atoms with van der Waals surface area (Å²) in [7, 11) is 0. The van der Waals surface area contributed by atoms with Gasteiger partial charge in [0.1, 0.15) is 11.7 Å². The molecule has 5 fully saturated rings. The first-order valence-corrected chi connectivity index (χ1v) is 12.5. The molecule has 1 N–H and O–H groups in total. The van der Waals surface area contributed by atoms with E-state index in [-0.39, 0.29) is 11.3 Å². The second-order valence-electron chi connectivity index (χ2n) is 10.5. The first-order valence-electron chi connectivity index (χ1n) is 11.5. The molecule has 158 valence electrons. The number of nitrogens with zero attached hydrogens (tertiary/aromatic N) is 2. The molecule has 1 spiro atoms. The largest absolute Gasteiger partial charge is 0.319 e. The summed E-state index contributed by atoms with van der Waals surface area (Å²) in [5.41, 5.74) is -0.293. The Morgan fingerprint density at radius 3 is 2.17 bits per heavy atom. The number of hydrogen-bond acceptors (Lipinski definition) is 5. The number of hydrogen-bond donors (Lipinski definition) is 1. The third kappa shape index (κ3) is 3.02. The Kier molecular flexibility index (Phi) is 4.98. The van der Waals surface area contributed by atoms with Gasteiger partial charge in [-0.2, -0.15) is 10.5 Å². The highest BCUT2D eigenvalue weighted by molar-refractivity contribution is 8.03. The number of thioether (sulfide) groups is 1. The van der Waals surface area contributed by atoms with Gasteiger partial charge in [0.2, 0.25) is 5.91 Å². The Morgan fingerprint density at radius 2 is 1.63 bits per heavy atom. The van der Waals surface area contributed by atoms with Crippen molar-refractivity contribution in [3.8, 4) is 12.1 Å². The maximum absolute atomic E-state index is 13.4. The standard InChI is InChI=1S/C24H29N3O2S/c25-12-18-21(29)27-22(19(13-26)24(18)4-2-1-3-5-24)30-14-20(28)23-9-15-6-16(10-23)8-17(7-15)11-23/h15-18H,1-11,14H2,(H,27,29). The average Bonchev–Trinajstić information content (AvgIpc) is 2.72. The molecule has 0 saturated heterocycles. The number of carbonyl (C=O) groups is 2. The molecule has 5 saturated carbocycles. The summed E-state index contributed by atoms with van der Waals surface area (Å²) < 4.78 is 0. The maximum Gasteiger partial charge on any atom is 0.243 e. The number of carbonyl (C=O) groups excluding carboxylic acids is 2. The van der Waals surface area contributed by atoms with Gasteiger partial charge in [0.15, 0.2) is 0 Å². The van der Waals surface area contributed by atoms with E-state index < -0.39 is 11.3 Å². The number of Topliss-reactive ketones (excluding diaryl/α,β-unsaturated/α-hetero) is 1. The molecule has 30 heavy (non-hydrogen) atoms. The van der Waals surface area contributed by atoms with Crippen LogP contribution in [0.15, 0.2) is 10.6 Å². The van der Waals surface area contributed by atoms with Gasteiger partial charge in [-0.25, -0.2) is 0 Å². The molecule has 5 nitrogen and oxygen atoms in total. The molecule has 1 amide bonds. The second-order valence-corrected chi connectivity index (χ2v) is 11.5. The zero-order chi connectivity index (χ0) is 20.9. The summed E-state index contributed by atoms with van der Waals surface area (Å²) >= 11 is 1.34. The van der Waals surface area contributed by atoms with Crippen LogP contribution in [0.3, 0.4) is 0 Å². The van der Waals surface area contributed by atoms with Crippen molar-refractivity contribution in [1.29, 1.82) is 10.5 Å². The molecular weight excluding hydrogens is 394 g/mol. The lowest BCUT2D eigenvalue weighted by Gasteiger charge is -2.56. The fourth-order valence-corrected chi connectivity index (χ4v) is 8.93. The van der Waals surface area contributed by atoms with Crippen molar-refractivity contribution in [2.75, 3.05) is 5.75 Å². The molecule has 1 atom stereocenters. The first-order chi connectivity index (χ1) is 14.5. The smallest absolute Gasteiger partial charge is 0.243 e. The molecule has 1 aliphatic heterocycles. The molecule has 0 aromatic heterocycles. The minimum atomic E-state index is -0.810. The summed E-state index contributed by atoms with van der Waals surface area (Å²) in [4.78, 5) is 26.2. The summed E-state index contributed by atoms with van der Waals surface area (Å²) in [6, 6.07) is 4.52. The van der Waals surface area contributed by atoms with E-state index in [1.165, 1.54) is 31.0 Å². The number of amides is 1. The van der Waals surface area contributed by atoms with Crippen LogP contribution in [0.4, 0.5) is 0 Å². The lowest BCUT2D eigenvalue weighted by Crippen LogP contribution is -2.51. The van der Waals surface area contributed by atoms with Gasteiger partial charge in [0, 0.05) is 10.8 Å². The van der Waals surface area contributed by atoms with E-state index in [4.69, 9.17) is 0 Å². The predicted octanol–water partition coefficient (Wildman–Crippen LogP) is 4.46. The number of ketones is 1. The van der Waals surface area contributed by atoms with Crippen molar-refractivity contribution < 1.29 is 9.59 Å². The molecule has 0 aromatic carbocycles. The quantitative estimate of drug-likeness (QED) is 0.720. The molecule has 1 unspecified atom stereocenters. The Balaban J connectivity index is 1.38. The van der Waals surface area contributed by atoms with Gasteiger partial charge in [-0.15, -0.1) is 0 Å². The van der Waals surface area contributed by atoms with Gasteiger partial charge in [0.25, 0.3) is 0 Å². The Morgan fingerprint density at radius 1 is 1.03 bits per heavy atom. The van der Waals surface area contributed by atoms with Crippen molar-refractivity contribution in [2.24, 2.45) is 34.5 Å². The van der Waals surface area contributed by atoms with Crippen molar-refractivity contribution in [3.63, 3.8) is 0 Å². The van der Waals surface area contributed by atoms with E-state index in [2.05, 4.69) is 17.5 Å². The van der Waals surface area contributed by atoms with Crippen LogP contribution in [0.2, 0.25) is 0 Å². The van der Waals surface area contributed by atoms with Crippen molar-refractivity contribution in [3.05, 3.63) is 10.6 Å². The fraction of sp³-hybridized carbons (Fsp3) is 0.750. The van der Waals surface area contributed by atoms with Gasteiger partial charge in [-0.1, -0.05) is 31.0 Å². The summed E-state index contributed by atoms with van der Waals surface area (Å²) in [6.45, 7) is 0.